The van der Waals surface area contributed by atoms with Gasteiger partial charge in [-0.3, -0.25) is 0 Å². The number of benzene rings is 1. The number of halogens is 1. The van der Waals surface area contributed by atoms with Crippen LogP contribution in [0.3, 0.4) is 0 Å². The van der Waals surface area contributed by atoms with Crippen LogP contribution in [0.4, 0.5) is 4.79 Å². The van der Waals surface area contributed by atoms with Gasteiger partial charge in [-0.1, -0.05) is 0 Å². The minimum atomic E-state index is -0.0765. The first-order valence-corrected chi connectivity index (χ1v) is 6.48. The summed E-state index contributed by atoms with van der Waals surface area (Å²) in [6, 6.07) is 7.91. The second-order valence-corrected chi connectivity index (χ2v) is 5.04. The Kier molecular flexibility index (Phi) is 4.46. The molecule has 0 bridgehead atoms. The Hall–Kier alpha value is -0.541. The maximum absolute atomic E-state index is 11.1. The average Bonchev–Trinajstić information content (AvgIpc) is 2.29. The third-order valence-corrected chi connectivity index (χ3v) is 3.49. The summed E-state index contributed by atoms with van der Waals surface area (Å²) in [7, 11) is 0. The van der Waals surface area contributed by atoms with E-state index in [1.54, 1.807) is 4.90 Å². The van der Waals surface area contributed by atoms with Crippen molar-refractivity contribution in [1.29, 1.82) is 0 Å². The van der Waals surface area contributed by atoms with Crippen molar-refractivity contribution in [2.24, 2.45) is 0 Å². The van der Waals surface area contributed by atoms with Crippen molar-refractivity contribution in [3.63, 3.8) is 0 Å². The molecule has 0 spiro atoms. The number of amides is 1. The van der Waals surface area contributed by atoms with Crippen molar-refractivity contribution in [3.05, 3.63) is 34.9 Å². The van der Waals surface area contributed by atoms with Gasteiger partial charge in [0, 0.05) is 0 Å². The van der Waals surface area contributed by atoms with Gasteiger partial charge in [0.15, 0.2) is 0 Å². The molecule has 3 nitrogen and oxygen atoms in total. The zero-order chi connectivity index (χ0) is 12.3. The molecular weight excluding hydrogens is 279 g/mol. The molecule has 93 valence electrons. The van der Waals surface area contributed by atoms with Gasteiger partial charge in [-0.05, 0) is 0 Å². The summed E-state index contributed by atoms with van der Waals surface area (Å²) in [5.74, 6) is 0. The van der Waals surface area contributed by atoms with Crippen LogP contribution >= 0.6 is 11.6 Å². The summed E-state index contributed by atoms with van der Waals surface area (Å²) in [6.45, 7) is 4.22. The quantitative estimate of drug-likeness (QED) is 0.780. The molecule has 1 amide bonds. The molecule has 1 aromatic carbocycles. The molecule has 0 N–H and O–H groups in total. The fraction of sp³-hybridized carbons (Fsp3) is 0.417. The first-order chi connectivity index (χ1) is 8.15. The van der Waals surface area contributed by atoms with Gasteiger partial charge >= 0.3 is 115 Å². The zero-order valence-electron chi connectivity index (χ0n) is 9.38. The number of carbonyl (C=O) groups excluding carboxylic acids is 1. The predicted octanol–water partition coefficient (Wildman–Crippen LogP) is 2.12. The molecule has 0 aliphatic carbocycles. The zero-order valence-corrected chi connectivity index (χ0v) is 11.2. The molecular formula is C12H14ClFeN2O. The summed E-state index contributed by atoms with van der Waals surface area (Å²) in [5.41, 5.74) is 1.21. The first-order valence-electron chi connectivity index (χ1n) is 5.55. The summed E-state index contributed by atoms with van der Waals surface area (Å²) < 4.78 is 0. The van der Waals surface area contributed by atoms with E-state index in [2.05, 4.69) is 27.0 Å². The van der Waals surface area contributed by atoms with Crippen LogP contribution in [-0.4, -0.2) is 40.8 Å². The maximum atomic E-state index is 11.1. The van der Waals surface area contributed by atoms with Crippen molar-refractivity contribution in [2.45, 2.75) is 6.54 Å². The predicted molar refractivity (Wildman–Crippen MR) is 63.7 cm³/mol. The van der Waals surface area contributed by atoms with Crippen LogP contribution < -0.4 is 0 Å². The molecule has 17 heavy (non-hydrogen) atoms. The van der Waals surface area contributed by atoms with Crippen molar-refractivity contribution in [3.8, 4) is 0 Å². The molecule has 0 unspecified atom stereocenters. The van der Waals surface area contributed by atoms with Gasteiger partial charge in [0.05, 0.1) is 0 Å². The van der Waals surface area contributed by atoms with Crippen LogP contribution in [0.1, 0.15) is 5.56 Å². The van der Waals surface area contributed by atoms with Crippen molar-refractivity contribution in [1.82, 2.24) is 9.80 Å². The molecule has 5 heteroatoms. The second kappa shape index (κ2) is 5.87. The summed E-state index contributed by atoms with van der Waals surface area (Å²) in [4.78, 5) is 15.1. The van der Waals surface area contributed by atoms with E-state index in [0.717, 1.165) is 37.7 Å². The molecule has 1 aliphatic heterocycles. The van der Waals surface area contributed by atoms with E-state index >= 15 is 0 Å². The fourth-order valence-electron chi connectivity index (χ4n) is 1.97. The van der Waals surface area contributed by atoms with E-state index in [1.807, 2.05) is 18.2 Å². The molecule has 0 radical (unpaired) electrons. The average molecular weight is 294 g/mol. The molecule has 0 saturated carbocycles. The Morgan fingerprint density at radius 3 is 2.59 bits per heavy atom. The van der Waals surface area contributed by atoms with Gasteiger partial charge in [0.25, 0.3) is 0 Å². The molecule has 1 heterocycles. The van der Waals surface area contributed by atoms with Gasteiger partial charge in [-0.25, -0.2) is 0 Å². The van der Waals surface area contributed by atoms with Crippen LogP contribution in [0.2, 0.25) is 5.02 Å². The Morgan fingerprint density at radius 1 is 1.29 bits per heavy atom. The standard InChI is InChI=1S/C12H14ClN2O.Fe/c13-12-3-1-2-11(8-12)9-14-4-6-15(10-16)7-5-14;/h1-3,8H,4-7,9H2;. The van der Waals surface area contributed by atoms with Gasteiger partial charge in [-0.2, -0.15) is 0 Å². The van der Waals surface area contributed by atoms with Crippen LogP contribution in [0, 0.1) is 0 Å². The number of nitrogens with zero attached hydrogens (tertiary/aromatic N) is 2. The fourth-order valence-corrected chi connectivity index (χ4v) is 2.43. The SMILES string of the molecule is O=[C]([Fe])N1CCN(Cc2cccc(Cl)c2)CC1. The van der Waals surface area contributed by atoms with Gasteiger partial charge < -0.3 is 0 Å². The normalized spacial score (nSPS) is 17.2. The number of hydrogen-bond acceptors (Lipinski definition) is 2. The van der Waals surface area contributed by atoms with Crippen LogP contribution in [0.25, 0.3) is 0 Å². The Labute approximate surface area is 115 Å². The number of hydrogen-bond donors (Lipinski definition) is 0. The summed E-state index contributed by atoms with van der Waals surface area (Å²) >= 11 is 9.38. The number of rotatable bonds is 2. The Balaban J connectivity index is 1.88. The summed E-state index contributed by atoms with van der Waals surface area (Å²) in [5, 5.41) is 0.772. The van der Waals surface area contributed by atoms with E-state index in [9.17, 15) is 4.79 Å². The van der Waals surface area contributed by atoms with Crippen LogP contribution in [0.5, 0.6) is 0 Å². The molecule has 1 aromatic rings. The third-order valence-electron chi connectivity index (χ3n) is 2.91. The summed E-state index contributed by atoms with van der Waals surface area (Å²) in [6.07, 6.45) is 0. The Bertz CT molecular complexity index is 405. The minimum absolute atomic E-state index is 0.0765. The van der Waals surface area contributed by atoms with E-state index in [4.69, 9.17) is 11.6 Å². The van der Waals surface area contributed by atoms with E-state index in [0.29, 0.717) is 0 Å². The van der Waals surface area contributed by atoms with E-state index in [-0.39, 0.29) is 4.81 Å². The van der Waals surface area contributed by atoms with Crippen molar-refractivity contribution >= 4 is 16.4 Å². The molecule has 2 rings (SSSR count). The van der Waals surface area contributed by atoms with Gasteiger partial charge in [-0.15, -0.1) is 0 Å². The van der Waals surface area contributed by atoms with Gasteiger partial charge in [0.1, 0.15) is 0 Å². The molecule has 1 saturated heterocycles. The van der Waals surface area contributed by atoms with Crippen molar-refractivity contribution in [2.75, 3.05) is 26.2 Å². The molecule has 1 fully saturated rings. The number of piperazine rings is 1. The monoisotopic (exact) mass is 293 g/mol. The molecule has 1 aliphatic rings. The molecule has 0 atom stereocenters. The third kappa shape index (κ3) is 3.71. The van der Waals surface area contributed by atoms with Crippen molar-refractivity contribution < 1.29 is 20.8 Å². The topological polar surface area (TPSA) is 23.6 Å². The Morgan fingerprint density at radius 2 is 2.00 bits per heavy atom. The van der Waals surface area contributed by atoms with Crippen LogP contribution in [0.15, 0.2) is 24.3 Å². The first kappa shape index (κ1) is 12.9. The number of carbonyl (C=O) groups is 1. The van der Waals surface area contributed by atoms with Gasteiger partial charge in [0.2, 0.25) is 0 Å². The van der Waals surface area contributed by atoms with Crippen LogP contribution in [-0.2, 0) is 22.6 Å². The van der Waals surface area contributed by atoms with E-state index in [1.165, 1.54) is 5.56 Å². The molecule has 0 aromatic heterocycles. The van der Waals surface area contributed by atoms with E-state index < -0.39 is 0 Å². The second-order valence-electron chi connectivity index (χ2n) is 4.14.